The van der Waals surface area contributed by atoms with Gasteiger partial charge in [0.2, 0.25) is 0 Å². The number of ether oxygens (including phenoxy) is 1. The van der Waals surface area contributed by atoms with E-state index in [-0.39, 0.29) is 17.1 Å². The maximum atomic E-state index is 14.0. The minimum absolute atomic E-state index is 0.0438. The Balaban J connectivity index is 2.22. The summed E-state index contributed by atoms with van der Waals surface area (Å²) in [5.41, 5.74) is 0.738. The van der Waals surface area contributed by atoms with Crippen molar-refractivity contribution in [1.82, 2.24) is 10.3 Å². The number of para-hydroxylation sites is 1. The molecule has 1 heterocycles. The van der Waals surface area contributed by atoms with Crippen molar-refractivity contribution in [2.45, 2.75) is 32.9 Å². The standard InChI is InChI=1S/C16H19FN2O/c1-16(2,3)19-10-12-6-4-8-14(17)15(12)20-13-7-5-9-18-11-13/h4-9,11,19H,10H2,1-3H3. The molecule has 0 saturated heterocycles. The third-order valence-electron chi connectivity index (χ3n) is 2.71. The highest BCUT2D eigenvalue weighted by molar-refractivity contribution is 5.38. The molecule has 1 aromatic heterocycles. The van der Waals surface area contributed by atoms with E-state index in [0.29, 0.717) is 12.3 Å². The molecule has 2 aromatic rings. The van der Waals surface area contributed by atoms with E-state index in [1.165, 1.54) is 6.07 Å². The van der Waals surface area contributed by atoms with Crippen molar-refractivity contribution >= 4 is 0 Å². The van der Waals surface area contributed by atoms with Crippen LogP contribution in [0.25, 0.3) is 0 Å². The van der Waals surface area contributed by atoms with Crippen LogP contribution in [-0.2, 0) is 6.54 Å². The van der Waals surface area contributed by atoms with Gasteiger partial charge in [0.25, 0.3) is 0 Å². The number of rotatable bonds is 4. The van der Waals surface area contributed by atoms with E-state index in [2.05, 4.69) is 31.1 Å². The van der Waals surface area contributed by atoms with E-state index in [0.717, 1.165) is 5.56 Å². The molecule has 0 unspecified atom stereocenters. The van der Waals surface area contributed by atoms with Gasteiger partial charge in [0.1, 0.15) is 5.75 Å². The zero-order chi connectivity index (χ0) is 14.6. The second-order valence-electron chi connectivity index (χ2n) is 5.62. The minimum atomic E-state index is -0.373. The van der Waals surface area contributed by atoms with Gasteiger partial charge in [0, 0.05) is 23.8 Å². The average molecular weight is 274 g/mol. The fourth-order valence-electron chi connectivity index (χ4n) is 1.69. The van der Waals surface area contributed by atoms with E-state index < -0.39 is 0 Å². The molecule has 0 amide bonds. The van der Waals surface area contributed by atoms with Crippen LogP contribution in [0.5, 0.6) is 11.5 Å². The van der Waals surface area contributed by atoms with Gasteiger partial charge < -0.3 is 10.1 Å². The van der Waals surface area contributed by atoms with Gasteiger partial charge in [0.15, 0.2) is 11.6 Å². The fraction of sp³-hybridized carbons (Fsp3) is 0.312. The van der Waals surface area contributed by atoms with Gasteiger partial charge in [0.05, 0.1) is 6.20 Å². The van der Waals surface area contributed by atoms with Gasteiger partial charge in [-0.1, -0.05) is 12.1 Å². The first-order chi connectivity index (χ1) is 9.46. The summed E-state index contributed by atoms with van der Waals surface area (Å²) < 4.78 is 19.6. The largest absolute Gasteiger partial charge is 0.452 e. The van der Waals surface area contributed by atoms with Crippen LogP contribution in [0.3, 0.4) is 0 Å². The summed E-state index contributed by atoms with van der Waals surface area (Å²) in [6.07, 6.45) is 3.21. The molecule has 0 saturated carbocycles. The first-order valence-corrected chi connectivity index (χ1v) is 6.56. The molecule has 1 aromatic carbocycles. The highest BCUT2D eigenvalue weighted by atomic mass is 19.1. The molecule has 0 atom stereocenters. The van der Waals surface area contributed by atoms with Crippen molar-refractivity contribution in [2.24, 2.45) is 0 Å². The predicted octanol–water partition coefficient (Wildman–Crippen LogP) is 3.90. The van der Waals surface area contributed by atoms with Gasteiger partial charge in [-0.25, -0.2) is 4.39 Å². The lowest BCUT2D eigenvalue weighted by Crippen LogP contribution is -2.35. The van der Waals surface area contributed by atoms with Gasteiger partial charge in [-0.15, -0.1) is 0 Å². The van der Waals surface area contributed by atoms with E-state index >= 15 is 0 Å². The van der Waals surface area contributed by atoms with E-state index in [4.69, 9.17) is 4.74 Å². The van der Waals surface area contributed by atoms with Crippen LogP contribution in [0.4, 0.5) is 4.39 Å². The summed E-state index contributed by atoms with van der Waals surface area (Å²) in [5, 5.41) is 3.33. The summed E-state index contributed by atoms with van der Waals surface area (Å²) in [4.78, 5) is 3.96. The average Bonchev–Trinajstić information content (AvgIpc) is 2.40. The summed E-state index contributed by atoms with van der Waals surface area (Å²) >= 11 is 0. The van der Waals surface area contributed by atoms with Crippen LogP contribution in [0.1, 0.15) is 26.3 Å². The number of hydrogen-bond acceptors (Lipinski definition) is 3. The number of nitrogens with zero attached hydrogens (tertiary/aromatic N) is 1. The zero-order valence-electron chi connectivity index (χ0n) is 12.0. The number of aromatic nitrogens is 1. The molecular formula is C16H19FN2O. The Labute approximate surface area is 118 Å². The first kappa shape index (κ1) is 14.5. The summed E-state index contributed by atoms with van der Waals surface area (Å²) in [6.45, 7) is 6.73. The van der Waals surface area contributed by atoms with Crippen LogP contribution < -0.4 is 10.1 Å². The maximum Gasteiger partial charge on any atom is 0.167 e. The molecule has 0 aliphatic rings. The Morgan fingerprint density at radius 1 is 1.20 bits per heavy atom. The molecule has 2 rings (SSSR count). The number of benzene rings is 1. The second kappa shape index (κ2) is 6.01. The van der Waals surface area contributed by atoms with Crippen molar-refractivity contribution in [1.29, 1.82) is 0 Å². The third-order valence-corrected chi connectivity index (χ3v) is 2.71. The summed E-state index contributed by atoms with van der Waals surface area (Å²) in [7, 11) is 0. The molecule has 0 aliphatic heterocycles. The van der Waals surface area contributed by atoms with Crippen molar-refractivity contribution in [3.8, 4) is 11.5 Å². The summed E-state index contributed by atoms with van der Waals surface area (Å²) in [5.74, 6) is 0.397. The number of halogens is 1. The molecule has 0 fully saturated rings. The predicted molar refractivity (Wildman–Crippen MR) is 77.3 cm³/mol. The highest BCUT2D eigenvalue weighted by Crippen LogP contribution is 2.28. The number of nitrogens with one attached hydrogen (secondary N) is 1. The Kier molecular flexibility index (Phi) is 4.35. The molecule has 0 aliphatic carbocycles. The molecule has 20 heavy (non-hydrogen) atoms. The molecule has 106 valence electrons. The topological polar surface area (TPSA) is 34.1 Å². The third kappa shape index (κ3) is 4.03. The highest BCUT2D eigenvalue weighted by Gasteiger charge is 2.14. The molecule has 3 nitrogen and oxygen atoms in total. The quantitative estimate of drug-likeness (QED) is 0.918. The molecule has 0 spiro atoms. The van der Waals surface area contributed by atoms with E-state index in [9.17, 15) is 4.39 Å². The molecule has 0 bridgehead atoms. The van der Waals surface area contributed by atoms with Crippen molar-refractivity contribution < 1.29 is 9.13 Å². The number of pyridine rings is 1. The summed E-state index contributed by atoms with van der Waals surface area (Å²) in [6, 6.07) is 8.44. The van der Waals surface area contributed by atoms with Crippen LogP contribution in [0.2, 0.25) is 0 Å². The smallest absolute Gasteiger partial charge is 0.167 e. The second-order valence-corrected chi connectivity index (χ2v) is 5.62. The van der Waals surface area contributed by atoms with Crippen LogP contribution >= 0.6 is 0 Å². The minimum Gasteiger partial charge on any atom is -0.452 e. The van der Waals surface area contributed by atoms with Gasteiger partial charge in [-0.2, -0.15) is 0 Å². The van der Waals surface area contributed by atoms with Crippen LogP contribution in [0, 0.1) is 5.82 Å². The van der Waals surface area contributed by atoms with Crippen molar-refractivity contribution in [2.75, 3.05) is 0 Å². The van der Waals surface area contributed by atoms with Gasteiger partial charge >= 0.3 is 0 Å². The van der Waals surface area contributed by atoms with Gasteiger partial charge in [-0.3, -0.25) is 4.98 Å². The van der Waals surface area contributed by atoms with Crippen molar-refractivity contribution in [3.63, 3.8) is 0 Å². The lowest BCUT2D eigenvalue weighted by molar-refractivity contribution is 0.403. The molecule has 4 heteroatoms. The molecule has 0 radical (unpaired) electrons. The Bertz CT molecular complexity index is 564. The fourth-order valence-corrected chi connectivity index (χ4v) is 1.69. The Hall–Kier alpha value is -1.94. The van der Waals surface area contributed by atoms with Crippen molar-refractivity contribution in [3.05, 3.63) is 54.1 Å². The Morgan fingerprint density at radius 2 is 2.00 bits per heavy atom. The number of hydrogen-bond donors (Lipinski definition) is 1. The monoisotopic (exact) mass is 274 g/mol. The Morgan fingerprint density at radius 3 is 2.65 bits per heavy atom. The SMILES string of the molecule is CC(C)(C)NCc1cccc(F)c1Oc1cccnc1. The molecular weight excluding hydrogens is 255 g/mol. The van der Waals surface area contributed by atoms with Crippen LogP contribution in [-0.4, -0.2) is 10.5 Å². The maximum absolute atomic E-state index is 14.0. The van der Waals surface area contributed by atoms with Crippen LogP contribution in [0.15, 0.2) is 42.7 Å². The zero-order valence-corrected chi connectivity index (χ0v) is 12.0. The lowest BCUT2D eigenvalue weighted by Gasteiger charge is -2.21. The first-order valence-electron chi connectivity index (χ1n) is 6.56. The van der Waals surface area contributed by atoms with E-state index in [1.54, 1.807) is 30.6 Å². The van der Waals surface area contributed by atoms with E-state index in [1.807, 2.05) is 6.07 Å². The van der Waals surface area contributed by atoms with Gasteiger partial charge in [-0.05, 0) is 39.0 Å². The normalized spacial score (nSPS) is 11.4. The lowest BCUT2D eigenvalue weighted by atomic mass is 10.1. The molecule has 1 N–H and O–H groups in total.